The van der Waals surface area contributed by atoms with Gasteiger partial charge in [-0.25, -0.2) is 0 Å². The second-order valence-corrected chi connectivity index (χ2v) is 9.80. The Balaban J connectivity index is 1.59. The first-order valence-corrected chi connectivity index (χ1v) is 11.8. The Morgan fingerprint density at radius 2 is 1.70 bits per heavy atom. The Morgan fingerprint density at radius 1 is 1.00 bits per heavy atom. The minimum atomic E-state index is -0.305. The topological polar surface area (TPSA) is 73.0 Å². The predicted octanol–water partition coefficient (Wildman–Crippen LogP) is 3.62. The molecule has 0 bridgehead atoms. The number of carbonyl (C=O) groups is 1. The van der Waals surface area contributed by atoms with Crippen LogP contribution in [0.5, 0.6) is 0 Å². The van der Waals surface area contributed by atoms with Crippen molar-refractivity contribution in [1.82, 2.24) is 19.3 Å². The average Bonchev–Trinajstić information content (AvgIpc) is 3.41. The van der Waals surface area contributed by atoms with Gasteiger partial charge in [-0.2, -0.15) is 10.1 Å². The number of fused-ring (bicyclic) bond motifs is 1. The third kappa shape index (κ3) is 3.69. The number of carbonyl (C=O) groups excluding carboxylic acids is 1. The Kier molecular flexibility index (Phi) is 5.22. The summed E-state index contributed by atoms with van der Waals surface area (Å²) >= 11 is 0. The zero-order valence-electron chi connectivity index (χ0n) is 19.9. The number of aryl methyl sites for hydroxylation is 3. The molecule has 3 heterocycles. The van der Waals surface area contributed by atoms with E-state index < -0.39 is 0 Å². The molecule has 7 nitrogen and oxygen atoms in total. The van der Waals surface area contributed by atoms with E-state index in [1.165, 1.54) is 29.5 Å². The van der Waals surface area contributed by atoms with Crippen LogP contribution in [0.4, 0.5) is 5.82 Å². The van der Waals surface area contributed by atoms with Crippen LogP contribution in [-0.4, -0.2) is 31.8 Å². The zero-order valence-corrected chi connectivity index (χ0v) is 19.9. The van der Waals surface area contributed by atoms with Crippen molar-refractivity contribution in [3.8, 4) is 0 Å². The van der Waals surface area contributed by atoms with Crippen LogP contribution >= 0.6 is 0 Å². The maximum absolute atomic E-state index is 13.5. The normalized spacial score (nSPS) is 17.5. The fraction of sp³-hybridized carbons (Fsp3) is 0.462. The monoisotopic (exact) mass is 445 g/mol. The third-order valence-electron chi connectivity index (χ3n) is 7.35. The summed E-state index contributed by atoms with van der Waals surface area (Å²) < 4.78 is 3.68. The van der Waals surface area contributed by atoms with E-state index in [0.717, 1.165) is 18.7 Å². The average molecular weight is 446 g/mol. The Bertz CT molecular complexity index is 1280. The van der Waals surface area contributed by atoms with Crippen molar-refractivity contribution >= 4 is 11.7 Å². The van der Waals surface area contributed by atoms with Crippen molar-refractivity contribution in [2.24, 2.45) is 7.05 Å². The van der Waals surface area contributed by atoms with Crippen molar-refractivity contribution in [1.29, 1.82) is 0 Å². The van der Waals surface area contributed by atoms with Crippen LogP contribution in [0.25, 0.3) is 0 Å². The molecule has 1 fully saturated rings. The molecule has 1 aromatic carbocycles. The number of anilines is 1. The lowest BCUT2D eigenvalue weighted by atomic mass is 9.75. The molecule has 33 heavy (non-hydrogen) atoms. The van der Waals surface area contributed by atoms with Gasteiger partial charge in [0.25, 0.3) is 11.5 Å². The fourth-order valence-electron chi connectivity index (χ4n) is 5.74. The summed E-state index contributed by atoms with van der Waals surface area (Å²) in [4.78, 5) is 32.6. The van der Waals surface area contributed by atoms with E-state index in [0.29, 0.717) is 36.6 Å². The van der Waals surface area contributed by atoms with Gasteiger partial charge in [-0.15, -0.1) is 0 Å². The molecule has 1 saturated carbocycles. The molecular formula is C26H31N5O2. The summed E-state index contributed by atoms with van der Waals surface area (Å²) in [5.41, 5.74) is 4.36. The molecule has 7 heteroatoms. The van der Waals surface area contributed by atoms with Gasteiger partial charge in [0.1, 0.15) is 11.5 Å². The molecule has 172 valence electrons. The maximum Gasteiger partial charge on any atom is 0.276 e. The standard InChI is InChI=1S/C26H31N5O2/c1-17-13-18(2)15-20(14-17)26(8-5-6-9-26)16-22-27-24(32)19(3)23-25(33)31(12-11-30(22)23)21-7-10-29(4)28-21/h7,10,13-15H,5-6,8-9,11-12,16H2,1-4H3. The minimum Gasteiger partial charge on any atom is -0.323 e. The lowest BCUT2D eigenvalue weighted by Crippen LogP contribution is -2.45. The zero-order chi connectivity index (χ0) is 23.3. The molecule has 0 N–H and O–H groups in total. The van der Waals surface area contributed by atoms with Crippen LogP contribution in [0.1, 0.15) is 64.2 Å². The highest BCUT2D eigenvalue weighted by atomic mass is 16.2. The first kappa shape index (κ1) is 21.6. The van der Waals surface area contributed by atoms with Crippen LogP contribution in [0.3, 0.4) is 0 Å². The van der Waals surface area contributed by atoms with Gasteiger partial charge in [-0.1, -0.05) is 42.2 Å². The number of hydrogen-bond donors (Lipinski definition) is 0. The van der Waals surface area contributed by atoms with Crippen molar-refractivity contribution in [3.63, 3.8) is 0 Å². The highest BCUT2D eigenvalue weighted by Crippen LogP contribution is 2.44. The van der Waals surface area contributed by atoms with E-state index in [4.69, 9.17) is 0 Å². The molecule has 5 rings (SSSR count). The molecule has 0 unspecified atom stereocenters. The van der Waals surface area contributed by atoms with E-state index in [9.17, 15) is 9.59 Å². The summed E-state index contributed by atoms with van der Waals surface area (Å²) in [6, 6.07) is 8.61. The van der Waals surface area contributed by atoms with E-state index in [2.05, 4.69) is 42.1 Å². The van der Waals surface area contributed by atoms with Crippen LogP contribution in [0, 0.1) is 20.8 Å². The Labute approximate surface area is 194 Å². The maximum atomic E-state index is 13.5. The lowest BCUT2D eigenvalue weighted by molar-refractivity contribution is 0.0960. The molecule has 1 aliphatic carbocycles. The van der Waals surface area contributed by atoms with E-state index in [-0.39, 0.29) is 16.9 Å². The van der Waals surface area contributed by atoms with E-state index in [1.54, 1.807) is 16.5 Å². The van der Waals surface area contributed by atoms with Gasteiger partial charge in [0, 0.05) is 49.8 Å². The summed E-state index contributed by atoms with van der Waals surface area (Å²) in [7, 11) is 1.83. The highest BCUT2D eigenvalue weighted by Gasteiger charge is 2.39. The first-order chi connectivity index (χ1) is 15.8. The first-order valence-electron chi connectivity index (χ1n) is 11.8. The van der Waals surface area contributed by atoms with Gasteiger partial charge in [0.15, 0.2) is 5.82 Å². The fourth-order valence-corrected chi connectivity index (χ4v) is 5.74. The molecule has 2 aliphatic rings. The van der Waals surface area contributed by atoms with Gasteiger partial charge in [-0.05, 0) is 39.2 Å². The number of rotatable bonds is 4. The quantitative estimate of drug-likeness (QED) is 0.615. The summed E-state index contributed by atoms with van der Waals surface area (Å²) in [5.74, 6) is 1.17. The van der Waals surface area contributed by atoms with E-state index in [1.807, 2.05) is 23.9 Å². The smallest absolute Gasteiger partial charge is 0.276 e. The van der Waals surface area contributed by atoms with Gasteiger partial charge >= 0.3 is 0 Å². The molecule has 2 aromatic heterocycles. The molecule has 1 aliphatic heterocycles. The molecule has 0 spiro atoms. The SMILES string of the molecule is Cc1cc(C)cc(C2(Cc3nc(=O)c(C)c4n3CCN(c3ccn(C)n3)C4=O)CCCC2)c1. The molecule has 0 radical (unpaired) electrons. The van der Waals surface area contributed by atoms with Gasteiger partial charge in [0.2, 0.25) is 0 Å². The largest absolute Gasteiger partial charge is 0.323 e. The van der Waals surface area contributed by atoms with Crippen molar-refractivity contribution < 1.29 is 4.79 Å². The minimum absolute atomic E-state index is 0.0482. The van der Waals surface area contributed by atoms with Crippen molar-refractivity contribution in [3.05, 3.63) is 74.6 Å². The van der Waals surface area contributed by atoms with Gasteiger partial charge < -0.3 is 4.57 Å². The van der Waals surface area contributed by atoms with Crippen molar-refractivity contribution in [2.45, 2.75) is 64.8 Å². The number of nitrogens with zero attached hydrogens (tertiary/aromatic N) is 5. The predicted molar refractivity (Wildman–Crippen MR) is 128 cm³/mol. The number of benzene rings is 1. The lowest BCUT2D eigenvalue weighted by Gasteiger charge is -2.34. The number of aromatic nitrogens is 4. The molecular weight excluding hydrogens is 414 g/mol. The Hall–Kier alpha value is -3.22. The molecule has 0 saturated heterocycles. The molecule has 0 atom stereocenters. The van der Waals surface area contributed by atoms with Crippen LogP contribution in [-0.2, 0) is 25.4 Å². The van der Waals surface area contributed by atoms with Crippen LogP contribution in [0.15, 0.2) is 35.3 Å². The Morgan fingerprint density at radius 3 is 2.33 bits per heavy atom. The third-order valence-corrected chi connectivity index (χ3v) is 7.35. The van der Waals surface area contributed by atoms with Crippen LogP contribution < -0.4 is 10.5 Å². The summed E-state index contributed by atoms with van der Waals surface area (Å²) in [6.45, 7) is 7.10. The van der Waals surface area contributed by atoms with Gasteiger partial charge in [0.05, 0.1) is 0 Å². The van der Waals surface area contributed by atoms with Crippen molar-refractivity contribution in [2.75, 3.05) is 11.4 Å². The summed E-state index contributed by atoms with van der Waals surface area (Å²) in [6.07, 6.45) is 6.98. The highest BCUT2D eigenvalue weighted by molar-refractivity contribution is 6.06. The molecule has 1 amide bonds. The van der Waals surface area contributed by atoms with Gasteiger partial charge in [-0.3, -0.25) is 19.2 Å². The number of amides is 1. The van der Waals surface area contributed by atoms with E-state index >= 15 is 0 Å². The number of hydrogen-bond acceptors (Lipinski definition) is 4. The van der Waals surface area contributed by atoms with Crippen LogP contribution in [0.2, 0.25) is 0 Å². The summed E-state index contributed by atoms with van der Waals surface area (Å²) in [5, 5.41) is 4.40. The second-order valence-electron chi connectivity index (χ2n) is 9.80. The second kappa shape index (κ2) is 7.97. The molecule has 3 aromatic rings.